The Hall–Kier alpha value is -2.59. The zero-order chi connectivity index (χ0) is 18.5. The van der Waals surface area contributed by atoms with Gasteiger partial charge in [0.05, 0.1) is 11.4 Å². The molecule has 10 heteroatoms. The summed E-state index contributed by atoms with van der Waals surface area (Å²) < 4.78 is 66.0. The molecule has 2 aromatic carbocycles. The molecule has 0 heterocycles. The van der Waals surface area contributed by atoms with E-state index in [-0.39, 0.29) is 4.90 Å². The first-order chi connectivity index (χ1) is 11.7. The van der Waals surface area contributed by atoms with Crippen molar-refractivity contribution < 1.29 is 31.1 Å². The average Bonchev–Trinajstić information content (AvgIpc) is 2.53. The van der Waals surface area contributed by atoms with Crippen molar-refractivity contribution in [2.45, 2.75) is 11.3 Å². The van der Waals surface area contributed by atoms with Crippen LogP contribution in [0.3, 0.4) is 0 Å². The number of alkyl halides is 3. The number of para-hydroxylation sites is 1. The second kappa shape index (κ2) is 7.53. The van der Waals surface area contributed by atoms with Gasteiger partial charge in [0.2, 0.25) is 15.9 Å². The van der Waals surface area contributed by atoms with Crippen molar-refractivity contribution in [1.29, 1.82) is 0 Å². The Kier molecular flexibility index (Phi) is 5.65. The van der Waals surface area contributed by atoms with Crippen LogP contribution in [0.5, 0.6) is 5.75 Å². The van der Waals surface area contributed by atoms with Gasteiger partial charge in [0.25, 0.3) is 0 Å². The maximum Gasteiger partial charge on any atom is 0.573 e. The molecule has 0 saturated heterocycles. The van der Waals surface area contributed by atoms with Gasteiger partial charge >= 0.3 is 6.36 Å². The van der Waals surface area contributed by atoms with Crippen LogP contribution in [0.1, 0.15) is 0 Å². The second-order valence-electron chi connectivity index (χ2n) is 4.76. The molecule has 0 radical (unpaired) electrons. The number of benzene rings is 2. The molecular weight excluding hydrogens is 361 g/mol. The van der Waals surface area contributed by atoms with Gasteiger partial charge in [0.15, 0.2) is 0 Å². The molecule has 25 heavy (non-hydrogen) atoms. The van der Waals surface area contributed by atoms with Crippen LogP contribution in [0.25, 0.3) is 0 Å². The highest BCUT2D eigenvalue weighted by atomic mass is 32.2. The largest absolute Gasteiger partial charge is 0.573 e. The summed E-state index contributed by atoms with van der Waals surface area (Å²) in [6.45, 7) is -0.530. The Morgan fingerprint density at radius 2 is 1.60 bits per heavy atom. The van der Waals surface area contributed by atoms with E-state index in [9.17, 15) is 26.4 Å². The van der Waals surface area contributed by atoms with Crippen molar-refractivity contribution in [2.24, 2.45) is 0 Å². The molecular formula is C15H13F3N2O4S. The SMILES string of the molecule is O=C(CNS(=O)(=O)c1ccc(OC(F)(F)F)cc1)Nc1ccccc1. The average molecular weight is 374 g/mol. The molecule has 2 rings (SSSR count). The van der Waals surface area contributed by atoms with Crippen LogP contribution in [0, 0.1) is 0 Å². The van der Waals surface area contributed by atoms with Crippen LogP contribution in [-0.2, 0) is 14.8 Å². The molecule has 0 unspecified atom stereocenters. The molecule has 0 atom stereocenters. The number of anilines is 1. The highest BCUT2D eigenvalue weighted by Gasteiger charge is 2.31. The standard InChI is InChI=1S/C15H13F3N2O4S/c16-15(17,18)24-12-6-8-13(9-7-12)25(22,23)19-10-14(21)20-11-4-2-1-3-5-11/h1-9,19H,10H2,(H,20,21). The number of carbonyl (C=O) groups excluding carboxylic acids is 1. The lowest BCUT2D eigenvalue weighted by Crippen LogP contribution is -2.32. The normalized spacial score (nSPS) is 11.8. The summed E-state index contributed by atoms with van der Waals surface area (Å²) in [4.78, 5) is 11.4. The highest BCUT2D eigenvalue weighted by Crippen LogP contribution is 2.23. The molecule has 0 saturated carbocycles. The molecule has 6 nitrogen and oxygen atoms in total. The lowest BCUT2D eigenvalue weighted by atomic mass is 10.3. The maximum atomic E-state index is 12.1. The van der Waals surface area contributed by atoms with Gasteiger partial charge in [0, 0.05) is 5.69 Å². The van der Waals surface area contributed by atoms with Crippen LogP contribution in [-0.4, -0.2) is 27.2 Å². The van der Waals surface area contributed by atoms with Crippen LogP contribution in [0.2, 0.25) is 0 Å². The number of ether oxygens (including phenoxy) is 1. The number of hydrogen-bond donors (Lipinski definition) is 2. The first-order valence-corrected chi connectivity index (χ1v) is 8.34. The Morgan fingerprint density at radius 3 is 2.16 bits per heavy atom. The molecule has 2 N–H and O–H groups in total. The number of sulfonamides is 1. The van der Waals surface area contributed by atoms with Crippen LogP contribution >= 0.6 is 0 Å². The van der Waals surface area contributed by atoms with E-state index in [4.69, 9.17) is 0 Å². The Labute approximate surface area is 141 Å². The van der Waals surface area contributed by atoms with Crippen molar-refractivity contribution in [1.82, 2.24) is 4.72 Å². The highest BCUT2D eigenvalue weighted by molar-refractivity contribution is 7.89. The molecule has 0 fully saturated rings. The van der Waals surface area contributed by atoms with Gasteiger partial charge in [-0.05, 0) is 36.4 Å². The predicted octanol–water partition coefficient (Wildman–Crippen LogP) is 2.50. The Bertz CT molecular complexity index is 822. The first kappa shape index (κ1) is 18.7. The molecule has 1 amide bonds. The van der Waals surface area contributed by atoms with E-state index in [1.54, 1.807) is 30.3 Å². The van der Waals surface area contributed by atoms with Gasteiger partial charge in [0.1, 0.15) is 5.75 Å². The minimum Gasteiger partial charge on any atom is -0.406 e. The number of rotatable bonds is 6. The molecule has 2 aromatic rings. The fourth-order valence-corrected chi connectivity index (χ4v) is 2.77. The van der Waals surface area contributed by atoms with E-state index in [2.05, 4.69) is 14.8 Å². The van der Waals surface area contributed by atoms with Gasteiger partial charge in [-0.2, -0.15) is 0 Å². The van der Waals surface area contributed by atoms with Gasteiger partial charge in [-0.3, -0.25) is 4.79 Å². The van der Waals surface area contributed by atoms with Crippen molar-refractivity contribution in [3.05, 3.63) is 54.6 Å². The third-order valence-electron chi connectivity index (χ3n) is 2.85. The second-order valence-corrected chi connectivity index (χ2v) is 6.52. The number of hydrogen-bond acceptors (Lipinski definition) is 4. The molecule has 0 aliphatic carbocycles. The Balaban J connectivity index is 1.95. The van der Waals surface area contributed by atoms with E-state index < -0.39 is 34.6 Å². The predicted molar refractivity (Wildman–Crippen MR) is 83.4 cm³/mol. The van der Waals surface area contributed by atoms with Crippen molar-refractivity contribution in [3.8, 4) is 5.75 Å². The van der Waals surface area contributed by atoms with Crippen LogP contribution in [0.15, 0.2) is 59.5 Å². The number of halogens is 3. The topological polar surface area (TPSA) is 84.5 Å². The zero-order valence-electron chi connectivity index (χ0n) is 12.6. The van der Waals surface area contributed by atoms with Gasteiger partial charge in [-0.15, -0.1) is 13.2 Å². The maximum absolute atomic E-state index is 12.1. The van der Waals surface area contributed by atoms with E-state index in [1.165, 1.54) is 0 Å². The van der Waals surface area contributed by atoms with Crippen LogP contribution in [0.4, 0.5) is 18.9 Å². The summed E-state index contributed by atoms with van der Waals surface area (Å²) in [6, 6.07) is 12.0. The third-order valence-corrected chi connectivity index (χ3v) is 4.27. The van der Waals surface area contributed by atoms with E-state index in [0.717, 1.165) is 24.3 Å². The fraction of sp³-hybridized carbons (Fsp3) is 0.133. The minimum absolute atomic E-state index is 0.297. The lowest BCUT2D eigenvalue weighted by molar-refractivity contribution is -0.274. The number of nitrogens with one attached hydrogen (secondary N) is 2. The molecule has 0 aliphatic heterocycles. The summed E-state index contributed by atoms with van der Waals surface area (Å²) in [7, 11) is -4.06. The van der Waals surface area contributed by atoms with E-state index in [0.29, 0.717) is 5.69 Å². The van der Waals surface area contributed by atoms with Gasteiger partial charge in [-0.25, -0.2) is 13.1 Å². The summed E-state index contributed by atoms with van der Waals surface area (Å²) >= 11 is 0. The molecule has 0 bridgehead atoms. The summed E-state index contributed by atoms with van der Waals surface area (Å²) in [5.41, 5.74) is 0.500. The quantitative estimate of drug-likeness (QED) is 0.814. The Morgan fingerprint density at radius 1 is 1.00 bits per heavy atom. The van der Waals surface area contributed by atoms with E-state index >= 15 is 0 Å². The number of carbonyl (C=O) groups is 1. The van der Waals surface area contributed by atoms with Crippen LogP contribution < -0.4 is 14.8 Å². The van der Waals surface area contributed by atoms with Crippen molar-refractivity contribution in [3.63, 3.8) is 0 Å². The lowest BCUT2D eigenvalue weighted by Gasteiger charge is -2.10. The summed E-state index contributed by atoms with van der Waals surface area (Å²) in [6.07, 6.45) is -4.87. The molecule has 0 spiro atoms. The summed E-state index contributed by atoms with van der Waals surface area (Å²) in [5, 5.41) is 2.49. The van der Waals surface area contributed by atoms with Gasteiger partial charge < -0.3 is 10.1 Å². The van der Waals surface area contributed by atoms with Gasteiger partial charge in [-0.1, -0.05) is 18.2 Å². The summed E-state index contributed by atoms with van der Waals surface area (Å²) in [5.74, 6) is -1.14. The monoisotopic (exact) mass is 374 g/mol. The van der Waals surface area contributed by atoms with Crippen molar-refractivity contribution in [2.75, 3.05) is 11.9 Å². The first-order valence-electron chi connectivity index (χ1n) is 6.86. The van der Waals surface area contributed by atoms with Crippen molar-refractivity contribution >= 4 is 21.6 Å². The number of amides is 1. The molecule has 0 aromatic heterocycles. The molecule has 0 aliphatic rings. The minimum atomic E-state index is -4.87. The molecule has 134 valence electrons. The zero-order valence-corrected chi connectivity index (χ0v) is 13.4. The van der Waals surface area contributed by atoms with E-state index in [1.807, 2.05) is 0 Å². The smallest absolute Gasteiger partial charge is 0.406 e. The fourth-order valence-electron chi connectivity index (χ4n) is 1.79. The third kappa shape index (κ3) is 6.08.